The Kier molecular flexibility index (Phi) is 3.98. The van der Waals surface area contributed by atoms with Gasteiger partial charge in [0, 0.05) is 17.8 Å². The number of nitrogens with zero attached hydrogens (tertiary/aromatic N) is 2. The molecule has 8 heteroatoms. The standard InChI is InChI=1S/C13H12N4O4/c1-20-9-3-4-11(10(6-9)17(18)19)21-12-5-2-8(7-16-12)13(14)15/h2-7H,1H3,(H3,14,15). The number of ether oxygens (including phenoxy) is 2. The Morgan fingerprint density at radius 3 is 2.67 bits per heavy atom. The second-order valence-electron chi connectivity index (χ2n) is 3.99. The number of hydrogen-bond donors (Lipinski definition) is 2. The molecule has 0 aliphatic carbocycles. The summed E-state index contributed by atoms with van der Waals surface area (Å²) in [7, 11) is 1.42. The lowest BCUT2D eigenvalue weighted by atomic mass is 10.2. The molecule has 0 saturated heterocycles. The first-order chi connectivity index (χ1) is 10.0. The zero-order chi connectivity index (χ0) is 15.4. The number of rotatable bonds is 5. The molecule has 0 spiro atoms. The van der Waals surface area contributed by atoms with Crippen LogP contribution in [0, 0.1) is 15.5 Å². The van der Waals surface area contributed by atoms with Gasteiger partial charge in [-0.05, 0) is 18.2 Å². The van der Waals surface area contributed by atoms with E-state index in [1.807, 2.05) is 0 Å². The Bertz CT molecular complexity index is 685. The summed E-state index contributed by atoms with van der Waals surface area (Å²) in [4.78, 5) is 14.4. The number of pyridine rings is 1. The van der Waals surface area contributed by atoms with Crippen LogP contribution in [0.4, 0.5) is 5.69 Å². The van der Waals surface area contributed by atoms with E-state index in [0.717, 1.165) is 0 Å². The lowest BCUT2D eigenvalue weighted by Crippen LogP contribution is -2.11. The molecule has 0 atom stereocenters. The van der Waals surface area contributed by atoms with Crippen LogP contribution in [-0.4, -0.2) is 22.9 Å². The molecule has 8 nitrogen and oxygen atoms in total. The van der Waals surface area contributed by atoms with Crippen LogP contribution in [0.25, 0.3) is 0 Å². The minimum absolute atomic E-state index is 0.0453. The van der Waals surface area contributed by atoms with Gasteiger partial charge >= 0.3 is 5.69 Å². The number of nitro groups is 1. The van der Waals surface area contributed by atoms with Gasteiger partial charge in [0.15, 0.2) is 0 Å². The van der Waals surface area contributed by atoms with Crippen molar-refractivity contribution in [3.8, 4) is 17.4 Å². The fraction of sp³-hybridized carbons (Fsp3) is 0.0769. The molecule has 0 unspecified atom stereocenters. The van der Waals surface area contributed by atoms with E-state index in [2.05, 4.69) is 4.98 Å². The molecule has 1 aromatic heterocycles. The third-order valence-electron chi connectivity index (χ3n) is 2.62. The largest absolute Gasteiger partial charge is 0.496 e. The molecule has 0 fully saturated rings. The average molecular weight is 288 g/mol. The summed E-state index contributed by atoms with van der Waals surface area (Å²) < 4.78 is 10.3. The van der Waals surface area contributed by atoms with E-state index in [1.54, 1.807) is 12.1 Å². The molecular formula is C13H12N4O4. The Morgan fingerprint density at radius 2 is 2.14 bits per heavy atom. The Morgan fingerprint density at radius 1 is 1.38 bits per heavy atom. The van der Waals surface area contributed by atoms with E-state index >= 15 is 0 Å². The molecule has 21 heavy (non-hydrogen) atoms. The molecule has 1 aromatic carbocycles. The Labute approximate surface area is 119 Å². The van der Waals surface area contributed by atoms with E-state index < -0.39 is 4.92 Å². The summed E-state index contributed by atoms with van der Waals surface area (Å²) in [5.74, 6) is 0.440. The van der Waals surface area contributed by atoms with Crippen molar-refractivity contribution < 1.29 is 14.4 Å². The second kappa shape index (κ2) is 5.87. The van der Waals surface area contributed by atoms with E-state index in [1.165, 1.54) is 31.5 Å². The molecule has 0 aliphatic rings. The van der Waals surface area contributed by atoms with Crippen molar-refractivity contribution >= 4 is 11.5 Å². The van der Waals surface area contributed by atoms with Crippen LogP contribution >= 0.6 is 0 Å². The summed E-state index contributed by atoms with van der Waals surface area (Å²) in [6, 6.07) is 7.26. The predicted octanol–water partition coefficient (Wildman–Crippen LogP) is 2.07. The SMILES string of the molecule is COc1ccc(Oc2ccc(C(=N)N)cn2)c([N+](=O)[O-])c1. The van der Waals surface area contributed by atoms with Crippen molar-refractivity contribution in [3.63, 3.8) is 0 Å². The van der Waals surface area contributed by atoms with Crippen LogP contribution < -0.4 is 15.2 Å². The van der Waals surface area contributed by atoms with Crippen LogP contribution in [0.2, 0.25) is 0 Å². The minimum atomic E-state index is -0.568. The van der Waals surface area contributed by atoms with Crippen LogP contribution in [-0.2, 0) is 0 Å². The zero-order valence-corrected chi connectivity index (χ0v) is 11.1. The number of methoxy groups -OCH3 is 1. The van der Waals surface area contributed by atoms with Crippen molar-refractivity contribution in [3.05, 3.63) is 52.2 Å². The van der Waals surface area contributed by atoms with E-state index in [4.69, 9.17) is 20.6 Å². The van der Waals surface area contributed by atoms with Gasteiger partial charge in [0.1, 0.15) is 11.6 Å². The minimum Gasteiger partial charge on any atom is -0.496 e. The molecule has 0 aliphatic heterocycles. The number of amidine groups is 1. The molecule has 0 radical (unpaired) electrons. The fourth-order valence-corrected chi connectivity index (χ4v) is 1.57. The van der Waals surface area contributed by atoms with Gasteiger partial charge in [-0.2, -0.15) is 0 Å². The van der Waals surface area contributed by atoms with Crippen molar-refractivity contribution in [2.24, 2.45) is 5.73 Å². The van der Waals surface area contributed by atoms with Gasteiger partial charge in [0.25, 0.3) is 0 Å². The fourth-order valence-electron chi connectivity index (χ4n) is 1.57. The first-order valence-corrected chi connectivity index (χ1v) is 5.82. The number of nitrogens with one attached hydrogen (secondary N) is 1. The molecule has 108 valence electrons. The first-order valence-electron chi connectivity index (χ1n) is 5.82. The highest BCUT2D eigenvalue weighted by Gasteiger charge is 2.17. The lowest BCUT2D eigenvalue weighted by Gasteiger charge is -2.07. The van der Waals surface area contributed by atoms with Gasteiger partial charge in [-0.15, -0.1) is 0 Å². The van der Waals surface area contributed by atoms with Gasteiger partial charge in [-0.3, -0.25) is 15.5 Å². The van der Waals surface area contributed by atoms with Gasteiger partial charge in [-0.25, -0.2) is 4.98 Å². The van der Waals surface area contributed by atoms with Crippen LogP contribution in [0.3, 0.4) is 0 Å². The maximum atomic E-state index is 11.0. The van der Waals surface area contributed by atoms with E-state index in [9.17, 15) is 10.1 Å². The van der Waals surface area contributed by atoms with Crippen molar-refractivity contribution in [1.29, 1.82) is 5.41 Å². The molecule has 2 rings (SSSR count). The number of aromatic nitrogens is 1. The van der Waals surface area contributed by atoms with Crippen molar-refractivity contribution in [2.75, 3.05) is 7.11 Å². The highest BCUT2D eigenvalue weighted by molar-refractivity contribution is 5.94. The van der Waals surface area contributed by atoms with Crippen LogP contribution in [0.5, 0.6) is 17.4 Å². The third kappa shape index (κ3) is 3.24. The number of nitrogens with two attached hydrogens (primary N) is 1. The maximum Gasteiger partial charge on any atom is 0.315 e. The smallest absolute Gasteiger partial charge is 0.315 e. The Balaban J connectivity index is 2.30. The lowest BCUT2D eigenvalue weighted by molar-refractivity contribution is -0.385. The normalized spacial score (nSPS) is 9.95. The number of benzene rings is 1. The van der Waals surface area contributed by atoms with E-state index in [0.29, 0.717) is 11.3 Å². The van der Waals surface area contributed by atoms with Crippen molar-refractivity contribution in [1.82, 2.24) is 4.98 Å². The molecule has 3 N–H and O–H groups in total. The maximum absolute atomic E-state index is 11.0. The highest BCUT2D eigenvalue weighted by Crippen LogP contribution is 2.33. The van der Waals surface area contributed by atoms with Crippen LogP contribution in [0.1, 0.15) is 5.56 Å². The van der Waals surface area contributed by atoms with Gasteiger partial charge in [-0.1, -0.05) is 0 Å². The molecular weight excluding hydrogens is 276 g/mol. The number of hydrogen-bond acceptors (Lipinski definition) is 6. The van der Waals surface area contributed by atoms with Crippen LogP contribution in [0.15, 0.2) is 36.5 Å². The second-order valence-corrected chi connectivity index (χ2v) is 3.99. The number of nitro benzene ring substituents is 1. The summed E-state index contributed by atoms with van der Waals surface area (Å²) in [5, 5.41) is 18.3. The summed E-state index contributed by atoms with van der Waals surface area (Å²) in [6.45, 7) is 0. The summed E-state index contributed by atoms with van der Waals surface area (Å²) in [6.07, 6.45) is 1.35. The molecule has 0 amide bonds. The van der Waals surface area contributed by atoms with E-state index in [-0.39, 0.29) is 23.2 Å². The zero-order valence-electron chi connectivity index (χ0n) is 11.1. The monoisotopic (exact) mass is 288 g/mol. The Hall–Kier alpha value is -3.16. The average Bonchev–Trinajstić information content (AvgIpc) is 2.48. The first kappa shape index (κ1) is 14.3. The third-order valence-corrected chi connectivity index (χ3v) is 2.62. The number of nitrogen functional groups attached to an aromatic ring is 1. The molecule has 0 bridgehead atoms. The van der Waals surface area contributed by atoms with Gasteiger partial charge < -0.3 is 15.2 Å². The summed E-state index contributed by atoms with van der Waals surface area (Å²) in [5.41, 5.74) is 5.52. The predicted molar refractivity (Wildman–Crippen MR) is 75.0 cm³/mol. The topological polar surface area (TPSA) is 124 Å². The van der Waals surface area contributed by atoms with Crippen molar-refractivity contribution in [2.45, 2.75) is 0 Å². The van der Waals surface area contributed by atoms with Gasteiger partial charge in [0.2, 0.25) is 11.6 Å². The molecule has 1 heterocycles. The van der Waals surface area contributed by atoms with Gasteiger partial charge in [0.05, 0.1) is 18.1 Å². The summed E-state index contributed by atoms with van der Waals surface area (Å²) >= 11 is 0. The highest BCUT2D eigenvalue weighted by atomic mass is 16.6. The molecule has 2 aromatic rings. The quantitative estimate of drug-likeness (QED) is 0.375. The molecule has 0 saturated carbocycles.